The van der Waals surface area contributed by atoms with Crippen LogP contribution < -0.4 is 14.8 Å². The molecule has 2 aliphatic rings. The average molecular weight is 461 g/mol. The molecule has 32 heavy (non-hydrogen) atoms. The van der Waals surface area contributed by atoms with Gasteiger partial charge in [-0.2, -0.15) is 0 Å². The minimum atomic E-state index is -1.28. The van der Waals surface area contributed by atoms with Crippen LogP contribution in [0.2, 0.25) is 5.02 Å². The fourth-order valence-electron chi connectivity index (χ4n) is 3.72. The van der Waals surface area contributed by atoms with Crippen LogP contribution in [-0.2, 0) is 21.7 Å². The Morgan fingerprint density at radius 1 is 1.19 bits per heavy atom. The van der Waals surface area contributed by atoms with Crippen molar-refractivity contribution in [2.75, 3.05) is 26.4 Å². The number of nitrogens with one attached hydrogen (secondary N) is 1. The van der Waals surface area contributed by atoms with Gasteiger partial charge in [0.15, 0.2) is 11.5 Å². The summed E-state index contributed by atoms with van der Waals surface area (Å²) in [5, 5.41) is 13.7. The van der Waals surface area contributed by atoms with Crippen molar-refractivity contribution in [1.82, 2.24) is 10.2 Å². The van der Waals surface area contributed by atoms with E-state index in [1.165, 1.54) is 0 Å². The molecule has 0 radical (unpaired) electrons. The first-order valence-corrected chi connectivity index (χ1v) is 10.8. The monoisotopic (exact) mass is 460 g/mol. The number of halogens is 1. The number of carbonyl (C=O) groups is 2. The summed E-state index contributed by atoms with van der Waals surface area (Å²) in [7, 11) is 0. The number of imide groups is 1. The molecule has 0 bridgehead atoms. The summed E-state index contributed by atoms with van der Waals surface area (Å²) in [5.74, 6) is 0.687. The highest BCUT2D eigenvalue weighted by molar-refractivity contribution is 6.31. The number of aliphatic hydroxyl groups excluding tert-OH is 1. The van der Waals surface area contributed by atoms with E-state index in [1.54, 1.807) is 31.2 Å². The second kappa shape index (κ2) is 9.36. The number of aliphatic hydroxyl groups is 1. The van der Waals surface area contributed by atoms with E-state index >= 15 is 0 Å². The van der Waals surface area contributed by atoms with Crippen LogP contribution >= 0.6 is 11.6 Å². The average Bonchev–Trinajstić information content (AvgIpc) is 2.94. The van der Waals surface area contributed by atoms with E-state index in [0.29, 0.717) is 35.3 Å². The van der Waals surface area contributed by atoms with Gasteiger partial charge in [0, 0.05) is 11.4 Å². The first kappa shape index (κ1) is 22.4. The van der Waals surface area contributed by atoms with Crippen LogP contribution in [0.4, 0.5) is 4.79 Å². The lowest BCUT2D eigenvalue weighted by Gasteiger charge is -2.24. The molecule has 2 atom stereocenters. The van der Waals surface area contributed by atoms with Gasteiger partial charge in [0.05, 0.1) is 39.1 Å². The van der Waals surface area contributed by atoms with Crippen molar-refractivity contribution in [3.05, 3.63) is 58.6 Å². The van der Waals surface area contributed by atoms with Gasteiger partial charge in [0.1, 0.15) is 5.54 Å². The number of hydrogen-bond donors (Lipinski definition) is 2. The number of carbonyl (C=O) groups excluding carboxylic acids is 2. The van der Waals surface area contributed by atoms with E-state index in [4.69, 9.17) is 25.8 Å². The van der Waals surface area contributed by atoms with Gasteiger partial charge in [-0.3, -0.25) is 9.69 Å². The van der Waals surface area contributed by atoms with Crippen molar-refractivity contribution in [3.63, 3.8) is 0 Å². The van der Waals surface area contributed by atoms with E-state index in [-0.39, 0.29) is 19.8 Å². The molecule has 2 N–H and O–H groups in total. The number of amides is 3. The first-order chi connectivity index (χ1) is 15.4. The fourth-order valence-corrected chi connectivity index (χ4v) is 3.91. The molecule has 2 unspecified atom stereocenters. The minimum absolute atomic E-state index is 0.0526. The van der Waals surface area contributed by atoms with Crippen LogP contribution in [0.15, 0.2) is 42.5 Å². The number of urea groups is 1. The maximum atomic E-state index is 13.2. The van der Waals surface area contributed by atoms with Gasteiger partial charge in [-0.15, -0.1) is 0 Å². The van der Waals surface area contributed by atoms with Crippen LogP contribution in [0.3, 0.4) is 0 Å². The highest BCUT2D eigenvalue weighted by atomic mass is 35.5. The van der Waals surface area contributed by atoms with Crippen LogP contribution in [0.25, 0.3) is 0 Å². The van der Waals surface area contributed by atoms with Crippen molar-refractivity contribution in [3.8, 4) is 11.5 Å². The topological polar surface area (TPSA) is 97.3 Å². The Balaban J connectivity index is 1.40. The van der Waals surface area contributed by atoms with E-state index in [1.807, 2.05) is 18.2 Å². The third kappa shape index (κ3) is 4.53. The summed E-state index contributed by atoms with van der Waals surface area (Å²) in [4.78, 5) is 26.7. The molecule has 0 aromatic heterocycles. The van der Waals surface area contributed by atoms with E-state index in [0.717, 1.165) is 16.9 Å². The van der Waals surface area contributed by atoms with Gasteiger partial charge < -0.3 is 24.6 Å². The summed E-state index contributed by atoms with van der Waals surface area (Å²) in [6.45, 7) is 2.68. The number of ether oxygens (including phenoxy) is 3. The second-order valence-corrected chi connectivity index (χ2v) is 8.35. The minimum Gasteiger partial charge on any atom is -0.490 e. The molecule has 2 aliphatic heterocycles. The third-order valence-electron chi connectivity index (χ3n) is 5.52. The van der Waals surface area contributed by atoms with Gasteiger partial charge in [0.25, 0.3) is 5.91 Å². The molecular formula is C23H25ClN2O6. The molecule has 2 aromatic rings. The zero-order chi connectivity index (χ0) is 22.7. The largest absolute Gasteiger partial charge is 0.490 e. The molecule has 0 aliphatic carbocycles. The molecule has 0 spiro atoms. The first-order valence-electron chi connectivity index (χ1n) is 10.4. The van der Waals surface area contributed by atoms with E-state index in [9.17, 15) is 14.7 Å². The lowest BCUT2D eigenvalue weighted by Crippen LogP contribution is -2.42. The third-order valence-corrected chi connectivity index (χ3v) is 5.89. The number of rotatable bonds is 7. The predicted octanol–water partition coefficient (Wildman–Crippen LogP) is 2.85. The predicted molar refractivity (Wildman–Crippen MR) is 117 cm³/mol. The summed E-state index contributed by atoms with van der Waals surface area (Å²) in [5.41, 5.74) is 0.0883. The zero-order valence-electron chi connectivity index (χ0n) is 17.7. The lowest BCUT2D eigenvalue weighted by molar-refractivity contribution is -0.132. The quantitative estimate of drug-likeness (QED) is 0.617. The van der Waals surface area contributed by atoms with Crippen molar-refractivity contribution in [2.24, 2.45) is 0 Å². The van der Waals surface area contributed by atoms with Crippen molar-refractivity contribution < 1.29 is 28.9 Å². The number of hydrogen-bond acceptors (Lipinski definition) is 6. The molecule has 2 heterocycles. The molecule has 1 fully saturated rings. The Kier molecular flexibility index (Phi) is 6.55. The molecule has 4 rings (SSSR count). The Labute approximate surface area is 191 Å². The standard InChI is InChI=1S/C23H25ClN2O6/c1-23(16-7-8-19-20(11-16)32-10-4-9-31-19)21(28)26(22(29)25-23)12-17(27)14-30-13-15-5-2-3-6-18(15)24/h2-3,5-8,11,17,27H,4,9-10,12-14H2,1H3,(H,25,29). The smallest absolute Gasteiger partial charge is 0.325 e. The van der Waals surface area contributed by atoms with E-state index in [2.05, 4.69) is 5.32 Å². The Morgan fingerprint density at radius 2 is 1.94 bits per heavy atom. The summed E-state index contributed by atoms with van der Waals surface area (Å²) < 4.78 is 16.9. The molecule has 3 amide bonds. The van der Waals surface area contributed by atoms with Crippen LogP contribution in [0.1, 0.15) is 24.5 Å². The maximum absolute atomic E-state index is 13.2. The van der Waals surface area contributed by atoms with Gasteiger partial charge in [-0.05, 0) is 36.2 Å². The van der Waals surface area contributed by atoms with Gasteiger partial charge >= 0.3 is 6.03 Å². The Bertz CT molecular complexity index is 1020. The van der Waals surface area contributed by atoms with Crippen molar-refractivity contribution in [2.45, 2.75) is 31.6 Å². The van der Waals surface area contributed by atoms with Crippen LogP contribution in [0.5, 0.6) is 11.5 Å². The molecule has 1 saturated heterocycles. The normalized spacial score (nSPS) is 21.3. The summed E-state index contributed by atoms with van der Waals surface area (Å²) in [6.07, 6.45) is -0.278. The van der Waals surface area contributed by atoms with Crippen molar-refractivity contribution in [1.29, 1.82) is 0 Å². The van der Waals surface area contributed by atoms with Crippen molar-refractivity contribution >= 4 is 23.5 Å². The second-order valence-electron chi connectivity index (χ2n) is 7.94. The summed E-state index contributed by atoms with van der Waals surface area (Å²) >= 11 is 6.09. The highest BCUT2D eigenvalue weighted by Crippen LogP contribution is 2.36. The highest BCUT2D eigenvalue weighted by Gasteiger charge is 2.49. The van der Waals surface area contributed by atoms with Gasteiger partial charge in [-0.1, -0.05) is 35.9 Å². The fraction of sp³-hybridized carbons (Fsp3) is 0.391. The number of nitrogens with zero attached hydrogens (tertiary/aromatic N) is 1. The molecule has 170 valence electrons. The molecule has 8 nitrogen and oxygen atoms in total. The zero-order valence-corrected chi connectivity index (χ0v) is 18.4. The summed E-state index contributed by atoms with van der Waals surface area (Å²) in [6, 6.07) is 11.9. The van der Waals surface area contributed by atoms with Crippen LogP contribution in [0, 0.1) is 0 Å². The molecular weight excluding hydrogens is 436 g/mol. The van der Waals surface area contributed by atoms with Gasteiger partial charge in [-0.25, -0.2) is 4.79 Å². The molecule has 2 aromatic carbocycles. The SMILES string of the molecule is CC1(c2ccc3c(c2)OCCCO3)NC(=O)N(CC(O)COCc2ccccc2Cl)C1=O. The number of fused-ring (bicyclic) bond motifs is 1. The molecule has 9 heteroatoms. The van der Waals surface area contributed by atoms with Gasteiger partial charge in [0.2, 0.25) is 0 Å². The maximum Gasteiger partial charge on any atom is 0.325 e. The Hall–Kier alpha value is -2.81. The lowest BCUT2D eigenvalue weighted by atomic mass is 9.91. The number of β-amino-alcohol motifs (C(OH)–C–C–N with tert-alkyl or cyclic N) is 1. The van der Waals surface area contributed by atoms with Crippen LogP contribution in [-0.4, -0.2) is 54.4 Å². The Morgan fingerprint density at radius 3 is 2.72 bits per heavy atom. The number of benzene rings is 2. The molecule has 0 saturated carbocycles. The van der Waals surface area contributed by atoms with E-state index < -0.39 is 23.6 Å².